The highest BCUT2D eigenvalue weighted by Crippen LogP contribution is 2.27. The molecule has 1 N–H and O–H groups in total. The molecule has 1 fully saturated rings. The van der Waals surface area contributed by atoms with Crippen molar-refractivity contribution in [2.75, 3.05) is 13.1 Å². The largest absolute Gasteiger partial charge is 0.342 e. The highest BCUT2D eigenvalue weighted by atomic mass is 16.2. The van der Waals surface area contributed by atoms with Crippen LogP contribution < -0.4 is 5.56 Å². The lowest BCUT2D eigenvalue weighted by Gasteiger charge is -2.32. The number of carbonyl (C=O) groups excluding carboxylic acids is 1. The molecule has 0 unspecified atom stereocenters. The maximum Gasteiger partial charge on any atom is 0.276 e. The zero-order valence-electron chi connectivity index (χ0n) is 16.3. The SMILES string of the molecule is CCc1c(C)nc2cc([C@@H]3CCCN(C(=O)CCn4cncn4)C3)[nH]n2c1=O. The number of fused-ring (bicyclic) bond motifs is 1. The summed E-state index contributed by atoms with van der Waals surface area (Å²) in [6.07, 6.45) is 6.08. The molecular formula is C19H25N7O2. The molecule has 9 heteroatoms. The fourth-order valence-electron chi connectivity index (χ4n) is 3.98. The summed E-state index contributed by atoms with van der Waals surface area (Å²) in [7, 11) is 0. The first-order valence-electron chi connectivity index (χ1n) is 9.78. The van der Waals surface area contributed by atoms with Gasteiger partial charge in [-0.1, -0.05) is 6.92 Å². The Morgan fingerprint density at radius 1 is 1.39 bits per heavy atom. The Morgan fingerprint density at radius 3 is 3.00 bits per heavy atom. The molecule has 0 radical (unpaired) electrons. The molecule has 1 amide bonds. The van der Waals surface area contributed by atoms with Crippen molar-refractivity contribution in [2.45, 2.75) is 52.0 Å². The van der Waals surface area contributed by atoms with Crippen molar-refractivity contribution in [3.8, 4) is 0 Å². The van der Waals surface area contributed by atoms with Gasteiger partial charge < -0.3 is 4.90 Å². The standard InChI is InChI=1S/C19H25N7O2/c1-3-15-13(2)22-17-9-16(23-26(17)19(15)28)14-5-4-7-24(10-14)18(27)6-8-25-12-20-11-21-25/h9,11-12,14,23H,3-8,10H2,1-2H3/t14-/m1/s1. The molecule has 1 saturated heterocycles. The third-order valence-corrected chi connectivity index (χ3v) is 5.52. The summed E-state index contributed by atoms with van der Waals surface area (Å²) in [4.78, 5) is 35.7. The van der Waals surface area contributed by atoms with Gasteiger partial charge in [0.1, 0.15) is 12.7 Å². The van der Waals surface area contributed by atoms with Crippen LogP contribution >= 0.6 is 0 Å². The Hall–Kier alpha value is -2.97. The molecule has 1 aliphatic rings. The molecule has 3 aromatic rings. The van der Waals surface area contributed by atoms with Gasteiger partial charge in [-0.15, -0.1) is 0 Å². The van der Waals surface area contributed by atoms with E-state index in [1.165, 1.54) is 10.8 Å². The van der Waals surface area contributed by atoms with Gasteiger partial charge in [0, 0.05) is 48.4 Å². The van der Waals surface area contributed by atoms with E-state index in [2.05, 4.69) is 20.2 Å². The van der Waals surface area contributed by atoms with E-state index in [0.717, 1.165) is 36.3 Å². The molecule has 0 spiro atoms. The number of nitrogens with zero attached hydrogens (tertiary/aromatic N) is 6. The van der Waals surface area contributed by atoms with Gasteiger partial charge in [-0.3, -0.25) is 19.4 Å². The predicted molar refractivity (Wildman–Crippen MR) is 103 cm³/mol. The summed E-state index contributed by atoms with van der Waals surface area (Å²) in [5, 5.41) is 7.27. The minimum Gasteiger partial charge on any atom is -0.342 e. The second kappa shape index (κ2) is 7.57. The number of likely N-dealkylation sites (tertiary alicyclic amines) is 1. The number of nitrogens with one attached hydrogen (secondary N) is 1. The topological polar surface area (TPSA) is 101 Å². The molecule has 4 rings (SSSR count). The molecule has 0 aliphatic carbocycles. The molecule has 9 nitrogen and oxygen atoms in total. The lowest BCUT2D eigenvalue weighted by molar-refractivity contribution is -0.132. The molecule has 1 atom stereocenters. The Balaban J connectivity index is 1.50. The van der Waals surface area contributed by atoms with Crippen molar-refractivity contribution < 1.29 is 4.79 Å². The Kier molecular flexibility index (Phi) is 4.97. The number of rotatable bonds is 5. The van der Waals surface area contributed by atoms with Crippen molar-refractivity contribution in [1.29, 1.82) is 0 Å². The van der Waals surface area contributed by atoms with E-state index in [4.69, 9.17) is 0 Å². The third-order valence-electron chi connectivity index (χ3n) is 5.52. The molecule has 3 aromatic heterocycles. The maximum atomic E-state index is 12.7. The smallest absolute Gasteiger partial charge is 0.276 e. The highest BCUT2D eigenvalue weighted by molar-refractivity contribution is 5.76. The monoisotopic (exact) mass is 383 g/mol. The second-order valence-electron chi connectivity index (χ2n) is 7.33. The fourth-order valence-corrected chi connectivity index (χ4v) is 3.98. The van der Waals surface area contributed by atoms with Crippen LogP contribution in [0.15, 0.2) is 23.5 Å². The van der Waals surface area contributed by atoms with Crippen molar-refractivity contribution in [3.05, 3.63) is 46.0 Å². The molecule has 28 heavy (non-hydrogen) atoms. The number of aryl methyl sites for hydroxylation is 2. The predicted octanol–water partition coefficient (Wildman–Crippen LogP) is 1.28. The first-order chi connectivity index (χ1) is 13.6. The summed E-state index contributed by atoms with van der Waals surface area (Å²) in [5.74, 6) is 0.297. The molecular weight excluding hydrogens is 358 g/mol. The van der Waals surface area contributed by atoms with Crippen molar-refractivity contribution >= 4 is 11.6 Å². The quantitative estimate of drug-likeness (QED) is 0.715. The van der Waals surface area contributed by atoms with Gasteiger partial charge in [0.05, 0.1) is 6.54 Å². The molecule has 0 aromatic carbocycles. The second-order valence-corrected chi connectivity index (χ2v) is 7.33. The Labute approximate surface area is 162 Å². The van der Waals surface area contributed by atoms with Crippen LogP contribution in [-0.4, -0.2) is 53.3 Å². The maximum absolute atomic E-state index is 12.7. The molecule has 4 heterocycles. The van der Waals surface area contributed by atoms with Crippen molar-refractivity contribution in [3.63, 3.8) is 0 Å². The normalized spacial score (nSPS) is 17.4. The molecule has 0 saturated carbocycles. The zero-order valence-corrected chi connectivity index (χ0v) is 16.3. The minimum atomic E-state index is -0.0344. The number of amides is 1. The lowest BCUT2D eigenvalue weighted by atomic mass is 9.94. The van der Waals surface area contributed by atoms with E-state index in [0.29, 0.717) is 31.6 Å². The van der Waals surface area contributed by atoms with Gasteiger partial charge in [0.15, 0.2) is 5.65 Å². The number of carbonyl (C=O) groups is 1. The van der Waals surface area contributed by atoms with E-state index in [1.54, 1.807) is 11.0 Å². The summed E-state index contributed by atoms with van der Waals surface area (Å²) in [6.45, 7) is 5.79. The third kappa shape index (κ3) is 3.44. The van der Waals surface area contributed by atoms with Crippen LogP contribution in [0.1, 0.15) is 49.1 Å². The number of aromatic nitrogens is 6. The van der Waals surface area contributed by atoms with Gasteiger partial charge in [-0.2, -0.15) is 5.10 Å². The first-order valence-corrected chi connectivity index (χ1v) is 9.78. The number of H-pyrrole nitrogens is 1. The van der Waals surface area contributed by atoms with Gasteiger partial charge in [-0.05, 0) is 26.2 Å². The molecule has 1 aliphatic heterocycles. The van der Waals surface area contributed by atoms with Crippen LogP contribution in [0.5, 0.6) is 0 Å². The van der Waals surface area contributed by atoms with E-state index < -0.39 is 0 Å². The molecule has 0 bridgehead atoms. The van der Waals surface area contributed by atoms with Gasteiger partial charge in [-0.25, -0.2) is 14.5 Å². The van der Waals surface area contributed by atoms with Crippen molar-refractivity contribution in [1.82, 2.24) is 34.3 Å². The van der Waals surface area contributed by atoms with Crippen LogP contribution in [0.4, 0.5) is 0 Å². The van der Waals surface area contributed by atoms with E-state index >= 15 is 0 Å². The fraction of sp³-hybridized carbons (Fsp3) is 0.526. The van der Waals surface area contributed by atoms with Gasteiger partial charge in [0.2, 0.25) is 5.91 Å². The van der Waals surface area contributed by atoms with Crippen LogP contribution in [-0.2, 0) is 17.8 Å². The number of aromatic amines is 1. The Bertz CT molecular complexity index is 1030. The summed E-state index contributed by atoms with van der Waals surface area (Å²) in [5.41, 5.74) is 3.09. The van der Waals surface area contributed by atoms with Crippen LogP contribution in [0.2, 0.25) is 0 Å². The Morgan fingerprint density at radius 2 is 2.25 bits per heavy atom. The van der Waals surface area contributed by atoms with E-state index in [1.807, 2.05) is 24.8 Å². The van der Waals surface area contributed by atoms with Crippen LogP contribution in [0.3, 0.4) is 0 Å². The van der Waals surface area contributed by atoms with Gasteiger partial charge >= 0.3 is 0 Å². The number of hydrogen-bond donors (Lipinski definition) is 1. The summed E-state index contributed by atoms with van der Waals surface area (Å²) >= 11 is 0. The van der Waals surface area contributed by atoms with Crippen LogP contribution in [0, 0.1) is 6.92 Å². The van der Waals surface area contributed by atoms with Crippen molar-refractivity contribution in [2.24, 2.45) is 0 Å². The molecule has 148 valence electrons. The summed E-state index contributed by atoms with van der Waals surface area (Å²) in [6, 6.07) is 1.95. The van der Waals surface area contributed by atoms with Crippen LogP contribution in [0.25, 0.3) is 5.65 Å². The average Bonchev–Trinajstić information content (AvgIpc) is 3.36. The first kappa shape index (κ1) is 18.4. The summed E-state index contributed by atoms with van der Waals surface area (Å²) < 4.78 is 3.20. The number of hydrogen-bond acceptors (Lipinski definition) is 5. The highest BCUT2D eigenvalue weighted by Gasteiger charge is 2.26. The van der Waals surface area contributed by atoms with Gasteiger partial charge in [0.25, 0.3) is 5.56 Å². The average molecular weight is 383 g/mol. The zero-order chi connectivity index (χ0) is 19.7. The lowest BCUT2D eigenvalue weighted by Crippen LogP contribution is -2.39. The van der Waals surface area contributed by atoms with E-state index in [-0.39, 0.29) is 17.4 Å². The van der Waals surface area contributed by atoms with E-state index in [9.17, 15) is 9.59 Å². The number of piperidine rings is 1. The minimum absolute atomic E-state index is 0.0344.